The van der Waals surface area contributed by atoms with Gasteiger partial charge in [-0.15, -0.1) is 0 Å². The highest BCUT2D eigenvalue weighted by Crippen LogP contribution is 2.08. The third-order valence-electron chi connectivity index (χ3n) is 3.04. The fraction of sp³-hybridized carbons (Fsp3) is 0.500. The number of nitrogens with zero attached hydrogens (tertiary/aromatic N) is 1. The van der Waals surface area contributed by atoms with E-state index in [2.05, 4.69) is 4.90 Å². The number of carbonyl (C=O) groups excluding carboxylic acids is 1. The second-order valence-corrected chi connectivity index (χ2v) is 4.48. The second-order valence-electron chi connectivity index (χ2n) is 4.48. The molecule has 3 heteroatoms. The minimum absolute atomic E-state index is 0.115. The molecule has 92 valence electrons. The van der Waals surface area contributed by atoms with Gasteiger partial charge in [0.2, 0.25) is 0 Å². The topological polar surface area (TPSA) is 29.5 Å². The summed E-state index contributed by atoms with van der Waals surface area (Å²) in [6.45, 7) is 2.88. The first kappa shape index (κ1) is 12.1. The van der Waals surface area contributed by atoms with Crippen molar-refractivity contribution in [1.82, 2.24) is 4.90 Å². The molecule has 0 N–H and O–H groups in total. The zero-order valence-electron chi connectivity index (χ0n) is 10.1. The molecule has 1 aromatic carbocycles. The molecular formula is C14H19NO2. The van der Waals surface area contributed by atoms with Crippen LogP contribution in [0.2, 0.25) is 0 Å². The largest absolute Gasteiger partial charge is 0.460 e. The third kappa shape index (κ3) is 4.19. The molecule has 0 amide bonds. The molecule has 0 aliphatic carbocycles. The summed E-state index contributed by atoms with van der Waals surface area (Å²) in [4.78, 5) is 13.8. The van der Waals surface area contributed by atoms with Gasteiger partial charge >= 0.3 is 5.97 Å². The van der Waals surface area contributed by atoms with E-state index in [-0.39, 0.29) is 5.97 Å². The number of rotatable bonds is 4. The summed E-state index contributed by atoms with van der Waals surface area (Å²) in [5, 5.41) is 0. The van der Waals surface area contributed by atoms with Crippen molar-refractivity contribution < 1.29 is 9.53 Å². The molecular weight excluding hydrogens is 214 g/mol. The van der Waals surface area contributed by atoms with Crippen molar-refractivity contribution in [2.45, 2.75) is 25.9 Å². The van der Waals surface area contributed by atoms with Gasteiger partial charge in [-0.1, -0.05) is 36.8 Å². The van der Waals surface area contributed by atoms with Gasteiger partial charge in [0.15, 0.2) is 0 Å². The maximum absolute atomic E-state index is 11.6. The Kier molecular flexibility index (Phi) is 4.56. The van der Waals surface area contributed by atoms with Gasteiger partial charge in [-0.25, -0.2) is 0 Å². The van der Waals surface area contributed by atoms with Crippen molar-refractivity contribution in [3.8, 4) is 0 Å². The summed E-state index contributed by atoms with van der Waals surface area (Å²) in [6.07, 6.45) is 3.69. The molecule has 0 aromatic heterocycles. The Balaban J connectivity index is 1.70. The van der Waals surface area contributed by atoms with Gasteiger partial charge in [0.05, 0.1) is 6.54 Å². The van der Waals surface area contributed by atoms with Crippen LogP contribution in [0.25, 0.3) is 0 Å². The number of esters is 1. The quantitative estimate of drug-likeness (QED) is 0.747. The number of benzene rings is 1. The van der Waals surface area contributed by atoms with Crippen molar-refractivity contribution in [2.75, 3.05) is 19.6 Å². The van der Waals surface area contributed by atoms with Crippen molar-refractivity contribution in [3.05, 3.63) is 35.9 Å². The standard InChI is InChI=1S/C14H19NO2/c16-14(11-15-9-5-2-6-10-15)17-12-13-7-3-1-4-8-13/h1,3-4,7-8H,2,5-6,9-12H2. The van der Waals surface area contributed by atoms with Crippen LogP contribution >= 0.6 is 0 Å². The molecule has 0 atom stereocenters. The molecule has 1 heterocycles. The first-order chi connectivity index (χ1) is 8.34. The predicted molar refractivity (Wildman–Crippen MR) is 66.5 cm³/mol. The molecule has 0 radical (unpaired) electrons. The Morgan fingerprint density at radius 1 is 1.12 bits per heavy atom. The van der Waals surface area contributed by atoms with Crippen LogP contribution in [0.15, 0.2) is 30.3 Å². The fourth-order valence-corrected chi connectivity index (χ4v) is 2.08. The molecule has 0 bridgehead atoms. The van der Waals surface area contributed by atoms with E-state index in [0.29, 0.717) is 13.2 Å². The van der Waals surface area contributed by atoms with Crippen LogP contribution in [0, 0.1) is 0 Å². The summed E-state index contributed by atoms with van der Waals surface area (Å²) < 4.78 is 5.25. The number of likely N-dealkylation sites (tertiary alicyclic amines) is 1. The van der Waals surface area contributed by atoms with Gasteiger partial charge < -0.3 is 4.74 Å². The van der Waals surface area contributed by atoms with Crippen LogP contribution in [0.1, 0.15) is 24.8 Å². The van der Waals surface area contributed by atoms with Crippen molar-refractivity contribution in [2.24, 2.45) is 0 Å². The minimum atomic E-state index is -0.115. The van der Waals surface area contributed by atoms with Crippen LogP contribution in [0.3, 0.4) is 0 Å². The maximum atomic E-state index is 11.6. The van der Waals surface area contributed by atoms with Crippen molar-refractivity contribution in [3.63, 3.8) is 0 Å². The highest BCUT2D eigenvalue weighted by Gasteiger charge is 2.14. The monoisotopic (exact) mass is 233 g/mol. The maximum Gasteiger partial charge on any atom is 0.320 e. The van der Waals surface area contributed by atoms with E-state index in [4.69, 9.17) is 4.74 Å². The fourth-order valence-electron chi connectivity index (χ4n) is 2.08. The third-order valence-corrected chi connectivity index (χ3v) is 3.04. The Morgan fingerprint density at radius 2 is 1.82 bits per heavy atom. The van der Waals surface area contributed by atoms with E-state index < -0.39 is 0 Å². The average Bonchev–Trinajstić information content (AvgIpc) is 2.39. The van der Waals surface area contributed by atoms with Gasteiger partial charge in [-0.3, -0.25) is 9.69 Å². The average molecular weight is 233 g/mol. The summed E-state index contributed by atoms with van der Waals surface area (Å²) in [6, 6.07) is 9.79. The molecule has 1 fully saturated rings. The Morgan fingerprint density at radius 3 is 2.53 bits per heavy atom. The summed E-state index contributed by atoms with van der Waals surface area (Å²) in [5.41, 5.74) is 1.04. The smallest absolute Gasteiger partial charge is 0.320 e. The lowest BCUT2D eigenvalue weighted by atomic mass is 10.1. The summed E-state index contributed by atoms with van der Waals surface area (Å²) in [7, 11) is 0. The Labute approximate surface area is 102 Å². The number of hydrogen-bond donors (Lipinski definition) is 0. The van der Waals surface area contributed by atoms with Gasteiger partial charge in [0.25, 0.3) is 0 Å². The van der Waals surface area contributed by atoms with E-state index in [1.54, 1.807) is 0 Å². The highest BCUT2D eigenvalue weighted by atomic mass is 16.5. The lowest BCUT2D eigenvalue weighted by Crippen LogP contribution is -2.35. The SMILES string of the molecule is O=C(CN1CCCCC1)OCc1ccccc1. The number of carbonyl (C=O) groups is 1. The van der Waals surface area contributed by atoms with E-state index in [9.17, 15) is 4.79 Å². The molecule has 1 aliphatic rings. The zero-order valence-corrected chi connectivity index (χ0v) is 10.1. The van der Waals surface area contributed by atoms with Gasteiger partial charge in [0.1, 0.15) is 6.61 Å². The van der Waals surface area contributed by atoms with Crippen LogP contribution < -0.4 is 0 Å². The summed E-state index contributed by atoms with van der Waals surface area (Å²) in [5.74, 6) is -0.115. The van der Waals surface area contributed by atoms with E-state index in [1.165, 1.54) is 19.3 Å². The molecule has 0 unspecified atom stereocenters. The van der Waals surface area contributed by atoms with E-state index >= 15 is 0 Å². The van der Waals surface area contributed by atoms with Crippen LogP contribution in [-0.4, -0.2) is 30.5 Å². The zero-order chi connectivity index (χ0) is 11.9. The lowest BCUT2D eigenvalue weighted by molar-refractivity contribution is -0.146. The van der Waals surface area contributed by atoms with Crippen LogP contribution in [0.5, 0.6) is 0 Å². The molecule has 0 spiro atoms. The molecule has 17 heavy (non-hydrogen) atoms. The number of ether oxygens (including phenoxy) is 1. The molecule has 1 saturated heterocycles. The molecule has 1 aliphatic heterocycles. The first-order valence-electron chi connectivity index (χ1n) is 6.26. The predicted octanol–water partition coefficient (Wildman–Crippen LogP) is 2.22. The normalized spacial score (nSPS) is 16.7. The van der Waals surface area contributed by atoms with Gasteiger partial charge in [-0.2, -0.15) is 0 Å². The molecule has 2 rings (SSSR count). The van der Waals surface area contributed by atoms with Gasteiger partial charge in [-0.05, 0) is 31.5 Å². The van der Waals surface area contributed by atoms with Crippen LogP contribution in [0.4, 0.5) is 0 Å². The first-order valence-corrected chi connectivity index (χ1v) is 6.26. The van der Waals surface area contributed by atoms with Crippen molar-refractivity contribution in [1.29, 1.82) is 0 Å². The van der Waals surface area contributed by atoms with Crippen LogP contribution in [-0.2, 0) is 16.1 Å². The second kappa shape index (κ2) is 6.40. The molecule has 0 saturated carbocycles. The van der Waals surface area contributed by atoms with E-state index in [1.807, 2.05) is 30.3 Å². The number of piperidine rings is 1. The Hall–Kier alpha value is -1.35. The van der Waals surface area contributed by atoms with E-state index in [0.717, 1.165) is 18.7 Å². The minimum Gasteiger partial charge on any atom is -0.460 e. The number of hydrogen-bond acceptors (Lipinski definition) is 3. The highest BCUT2D eigenvalue weighted by molar-refractivity contribution is 5.71. The van der Waals surface area contributed by atoms with Gasteiger partial charge in [0, 0.05) is 0 Å². The van der Waals surface area contributed by atoms with Crippen molar-refractivity contribution >= 4 is 5.97 Å². The molecule has 1 aromatic rings. The Bertz CT molecular complexity index is 344. The molecule has 3 nitrogen and oxygen atoms in total. The lowest BCUT2D eigenvalue weighted by Gasteiger charge is -2.25. The summed E-state index contributed by atoms with van der Waals surface area (Å²) >= 11 is 0.